The minimum absolute atomic E-state index is 0.911. The second-order valence-corrected chi connectivity index (χ2v) is 13.2. The Morgan fingerprint density at radius 1 is 0.327 bits per heavy atom. The van der Waals surface area contributed by atoms with Gasteiger partial charge in [0.2, 0.25) is 0 Å². The summed E-state index contributed by atoms with van der Waals surface area (Å²) in [5, 5.41) is 9.81. The molecule has 0 amide bonds. The molecule has 0 aliphatic heterocycles. The summed E-state index contributed by atoms with van der Waals surface area (Å²) < 4.78 is 11.4. The van der Waals surface area contributed by atoms with E-state index in [9.17, 15) is 0 Å². The molecule has 0 saturated heterocycles. The van der Waals surface area contributed by atoms with E-state index < -0.39 is 0 Å². The van der Waals surface area contributed by atoms with Gasteiger partial charge in [-0.3, -0.25) is 0 Å². The van der Waals surface area contributed by atoms with Crippen LogP contribution < -0.4 is 0 Å². The molecule has 0 fully saturated rings. The topological polar surface area (TPSA) is 23.0 Å². The standard InChI is InChI=1S/C46H26N2O/c1-2-11-27(12-3-1)47-39-25-26-41-44(35-16-7-9-20-40(35)49-41)43(39)36-22-21-33-30-15-6-8-19-37(30)48(45(33)46(36)47)38-24-23-32-29-14-5-4-13-28(29)31-17-10-18-34(38)42(31)32/h1-26H. The van der Waals surface area contributed by atoms with Gasteiger partial charge in [0, 0.05) is 43.4 Å². The highest BCUT2D eigenvalue weighted by Crippen LogP contribution is 2.50. The van der Waals surface area contributed by atoms with Crippen molar-refractivity contribution in [3.05, 3.63) is 158 Å². The number of rotatable bonds is 2. The minimum atomic E-state index is 0.911. The lowest BCUT2D eigenvalue weighted by atomic mass is 10.0. The Balaban J connectivity index is 1.33. The first-order valence-electron chi connectivity index (χ1n) is 16.9. The number of hydrogen-bond acceptors (Lipinski definition) is 1. The van der Waals surface area contributed by atoms with Crippen LogP contribution in [0.4, 0.5) is 0 Å². The molecule has 3 heterocycles. The maximum atomic E-state index is 6.44. The highest BCUT2D eigenvalue weighted by molar-refractivity contribution is 6.32. The van der Waals surface area contributed by atoms with E-state index in [4.69, 9.17) is 4.42 Å². The molecule has 8 aromatic carbocycles. The van der Waals surface area contributed by atoms with E-state index in [1.165, 1.54) is 82.3 Å². The van der Waals surface area contributed by atoms with E-state index in [0.717, 1.165) is 27.6 Å². The van der Waals surface area contributed by atoms with Gasteiger partial charge in [0.1, 0.15) is 11.2 Å². The summed E-state index contributed by atoms with van der Waals surface area (Å²) in [6.45, 7) is 0. The van der Waals surface area contributed by atoms with Gasteiger partial charge in [-0.1, -0.05) is 115 Å². The number of nitrogens with zero attached hydrogens (tertiary/aromatic N) is 2. The van der Waals surface area contributed by atoms with Crippen molar-refractivity contribution in [1.82, 2.24) is 9.13 Å². The Labute approximate surface area is 280 Å². The van der Waals surface area contributed by atoms with Gasteiger partial charge in [-0.05, 0) is 70.1 Å². The molecule has 1 aliphatic rings. The third kappa shape index (κ3) is 3.13. The first-order valence-corrected chi connectivity index (χ1v) is 16.9. The van der Waals surface area contributed by atoms with Crippen LogP contribution in [0.2, 0.25) is 0 Å². The SMILES string of the molecule is c1ccc(-n2c3ccc4oc5ccccc5c4c3c3ccc4c5ccccc5n(-c5ccc6c7c(cccc57)-c5ccccc5-6)c4c32)cc1. The summed E-state index contributed by atoms with van der Waals surface area (Å²) in [5.41, 5.74) is 14.2. The predicted octanol–water partition coefficient (Wildman–Crippen LogP) is 12.6. The normalized spacial score (nSPS) is 12.5. The third-order valence-electron chi connectivity index (χ3n) is 10.8. The van der Waals surface area contributed by atoms with E-state index in [1.807, 2.05) is 6.07 Å². The zero-order chi connectivity index (χ0) is 31.8. The van der Waals surface area contributed by atoms with Crippen LogP contribution in [0, 0.1) is 0 Å². The maximum Gasteiger partial charge on any atom is 0.136 e. The Hall–Kier alpha value is -6.58. The van der Waals surface area contributed by atoms with Crippen molar-refractivity contribution in [3.63, 3.8) is 0 Å². The number of para-hydroxylation sites is 3. The molecule has 11 aromatic rings. The Kier molecular flexibility index (Phi) is 4.72. The average molecular weight is 623 g/mol. The van der Waals surface area contributed by atoms with Crippen LogP contribution in [0.3, 0.4) is 0 Å². The van der Waals surface area contributed by atoms with Gasteiger partial charge in [-0.25, -0.2) is 0 Å². The lowest BCUT2D eigenvalue weighted by molar-refractivity contribution is 0.669. The lowest BCUT2D eigenvalue weighted by Gasteiger charge is -2.15. The summed E-state index contributed by atoms with van der Waals surface area (Å²) in [5.74, 6) is 0. The third-order valence-corrected chi connectivity index (χ3v) is 10.8. The molecule has 0 unspecified atom stereocenters. The van der Waals surface area contributed by atoms with E-state index in [2.05, 4.69) is 161 Å². The fourth-order valence-corrected chi connectivity index (χ4v) is 8.94. The van der Waals surface area contributed by atoms with Crippen LogP contribution in [0.1, 0.15) is 0 Å². The van der Waals surface area contributed by atoms with Crippen molar-refractivity contribution in [3.8, 4) is 33.6 Å². The predicted molar refractivity (Wildman–Crippen MR) is 204 cm³/mol. The minimum Gasteiger partial charge on any atom is -0.456 e. The van der Waals surface area contributed by atoms with Gasteiger partial charge >= 0.3 is 0 Å². The molecule has 0 N–H and O–H groups in total. The fraction of sp³-hybridized carbons (Fsp3) is 0. The molecule has 0 bridgehead atoms. The molecule has 226 valence electrons. The monoisotopic (exact) mass is 622 g/mol. The first kappa shape index (κ1) is 25.5. The lowest BCUT2D eigenvalue weighted by Crippen LogP contribution is -1.99. The van der Waals surface area contributed by atoms with E-state index in [1.54, 1.807) is 0 Å². The Morgan fingerprint density at radius 2 is 1.00 bits per heavy atom. The summed E-state index contributed by atoms with van der Waals surface area (Å²) in [4.78, 5) is 0. The van der Waals surface area contributed by atoms with Gasteiger partial charge in [0.25, 0.3) is 0 Å². The zero-order valence-corrected chi connectivity index (χ0v) is 26.3. The van der Waals surface area contributed by atoms with Crippen molar-refractivity contribution < 1.29 is 4.42 Å². The van der Waals surface area contributed by atoms with Gasteiger partial charge in [-0.15, -0.1) is 0 Å². The highest BCUT2D eigenvalue weighted by Gasteiger charge is 2.26. The Morgan fingerprint density at radius 3 is 1.88 bits per heavy atom. The molecular formula is C46H26N2O. The fourth-order valence-electron chi connectivity index (χ4n) is 8.94. The maximum absolute atomic E-state index is 6.44. The molecule has 49 heavy (non-hydrogen) atoms. The summed E-state index contributed by atoms with van der Waals surface area (Å²) >= 11 is 0. The number of benzene rings is 8. The van der Waals surface area contributed by atoms with Crippen molar-refractivity contribution in [1.29, 1.82) is 0 Å². The second-order valence-electron chi connectivity index (χ2n) is 13.2. The highest BCUT2D eigenvalue weighted by atomic mass is 16.3. The molecular weight excluding hydrogens is 597 g/mol. The van der Waals surface area contributed by atoms with Crippen LogP contribution in [0.15, 0.2) is 162 Å². The van der Waals surface area contributed by atoms with Crippen LogP contribution in [-0.4, -0.2) is 9.13 Å². The summed E-state index contributed by atoms with van der Waals surface area (Å²) in [6, 6.07) is 57.4. The van der Waals surface area contributed by atoms with Gasteiger partial charge < -0.3 is 13.6 Å². The van der Waals surface area contributed by atoms with Gasteiger partial charge in [0.15, 0.2) is 0 Å². The molecule has 12 rings (SSSR count). The van der Waals surface area contributed by atoms with E-state index >= 15 is 0 Å². The van der Waals surface area contributed by atoms with Crippen LogP contribution in [0.25, 0.3) is 110 Å². The van der Waals surface area contributed by atoms with Crippen molar-refractivity contribution in [2.75, 3.05) is 0 Å². The molecule has 0 atom stereocenters. The molecule has 3 aromatic heterocycles. The van der Waals surface area contributed by atoms with Crippen LogP contribution >= 0.6 is 0 Å². The smallest absolute Gasteiger partial charge is 0.136 e. The van der Waals surface area contributed by atoms with Crippen molar-refractivity contribution in [2.24, 2.45) is 0 Å². The van der Waals surface area contributed by atoms with Crippen LogP contribution in [0.5, 0.6) is 0 Å². The molecule has 0 spiro atoms. The molecule has 0 saturated carbocycles. The number of furan rings is 1. The second kappa shape index (κ2) is 9.06. The molecule has 1 aliphatic carbocycles. The quantitative estimate of drug-likeness (QED) is 0.188. The van der Waals surface area contributed by atoms with E-state index in [0.29, 0.717) is 0 Å². The molecule has 3 heteroatoms. The van der Waals surface area contributed by atoms with E-state index in [-0.39, 0.29) is 0 Å². The van der Waals surface area contributed by atoms with Crippen molar-refractivity contribution >= 4 is 76.3 Å². The van der Waals surface area contributed by atoms with Gasteiger partial charge in [0.05, 0.1) is 27.8 Å². The van der Waals surface area contributed by atoms with Crippen molar-refractivity contribution in [2.45, 2.75) is 0 Å². The largest absolute Gasteiger partial charge is 0.456 e. The summed E-state index contributed by atoms with van der Waals surface area (Å²) in [7, 11) is 0. The molecule has 3 nitrogen and oxygen atoms in total. The Bertz CT molecular complexity index is 3180. The van der Waals surface area contributed by atoms with Gasteiger partial charge in [-0.2, -0.15) is 0 Å². The number of hydrogen-bond donors (Lipinski definition) is 0. The van der Waals surface area contributed by atoms with Crippen LogP contribution in [-0.2, 0) is 0 Å². The number of fused-ring (bicyclic) bond motifs is 14. The first-order chi connectivity index (χ1) is 24.3. The summed E-state index contributed by atoms with van der Waals surface area (Å²) in [6.07, 6.45) is 0. The number of aromatic nitrogens is 2. The molecule has 0 radical (unpaired) electrons. The average Bonchev–Trinajstić information content (AvgIpc) is 3.89. The zero-order valence-electron chi connectivity index (χ0n) is 26.3.